The summed E-state index contributed by atoms with van der Waals surface area (Å²) < 4.78 is 0. The second-order valence-corrected chi connectivity index (χ2v) is 6.52. The van der Waals surface area contributed by atoms with Crippen LogP contribution < -0.4 is 5.32 Å². The lowest BCUT2D eigenvalue weighted by Gasteiger charge is -2.31. The molecule has 0 bridgehead atoms. The molecule has 1 aromatic heterocycles. The minimum absolute atomic E-state index is 0.0555. The number of rotatable bonds is 4. The summed E-state index contributed by atoms with van der Waals surface area (Å²) in [7, 11) is 0. The predicted octanol–water partition coefficient (Wildman–Crippen LogP) is 3.28. The van der Waals surface area contributed by atoms with Crippen molar-refractivity contribution in [3.8, 4) is 0 Å². The van der Waals surface area contributed by atoms with Crippen LogP contribution in [0.3, 0.4) is 0 Å². The van der Waals surface area contributed by atoms with Crippen molar-refractivity contribution >= 4 is 23.7 Å². The predicted molar refractivity (Wildman–Crippen MR) is 102 cm³/mol. The molecule has 0 radical (unpaired) electrons. The van der Waals surface area contributed by atoms with E-state index >= 15 is 0 Å². The molecule has 1 aliphatic heterocycles. The van der Waals surface area contributed by atoms with E-state index in [1.165, 1.54) is 0 Å². The molecule has 2 amide bonds. The topological polar surface area (TPSA) is 62.3 Å². The molecule has 5 heteroatoms. The smallest absolute Gasteiger partial charge is 0.246 e. The zero-order valence-electron chi connectivity index (χ0n) is 14.9. The standard InChI is InChI=1S/C21H23N3O2/c1-16-7-5-11-19(22-16)23-21(26)18-10-6-14-24(15-18)20(25)13-12-17-8-3-2-4-9-17/h2-5,7-9,11-13,18H,6,10,14-15H2,1H3,(H,22,23,26)/b13-12+. The Morgan fingerprint density at radius 3 is 2.73 bits per heavy atom. The Kier molecular flexibility index (Phi) is 5.79. The van der Waals surface area contributed by atoms with Gasteiger partial charge in [-0.05, 0) is 43.5 Å². The number of amides is 2. The van der Waals surface area contributed by atoms with E-state index in [0.29, 0.717) is 18.9 Å². The number of pyridine rings is 1. The molecule has 1 aromatic carbocycles. The van der Waals surface area contributed by atoms with Crippen LogP contribution in [-0.4, -0.2) is 34.8 Å². The average Bonchev–Trinajstić information content (AvgIpc) is 2.67. The number of anilines is 1. The molecular formula is C21H23N3O2. The van der Waals surface area contributed by atoms with Crippen LogP contribution in [0.5, 0.6) is 0 Å². The second-order valence-electron chi connectivity index (χ2n) is 6.52. The first kappa shape index (κ1) is 17.9. The minimum Gasteiger partial charge on any atom is -0.338 e. The lowest BCUT2D eigenvalue weighted by Crippen LogP contribution is -2.43. The maximum absolute atomic E-state index is 12.5. The van der Waals surface area contributed by atoms with Crippen molar-refractivity contribution in [1.29, 1.82) is 0 Å². The molecule has 0 spiro atoms. The third-order valence-electron chi connectivity index (χ3n) is 4.46. The maximum atomic E-state index is 12.5. The Hall–Kier alpha value is -2.95. The molecule has 1 atom stereocenters. The number of benzene rings is 1. The Bertz CT molecular complexity index is 802. The van der Waals surface area contributed by atoms with Crippen molar-refractivity contribution in [2.75, 3.05) is 18.4 Å². The summed E-state index contributed by atoms with van der Waals surface area (Å²) in [5, 5.41) is 2.86. The van der Waals surface area contributed by atoms with E-state index in [9.17, 15) is 9.59 Å². The van der Waals surface area contributed by atoms with Crippen LogP contribution >= 0.6 is 0 Å². The largest absolute Gasteiger partial charge is 0.338 e. The van der Waals surface area contributed by atoms with E-state index in [1.807, 2.05) is 55.5 Å². The summed E-state index contributed by atoms with van der Waals surface area (Å²) in [5.74, 6) is 0.218. The normalized spacial score (nSPS) is 17.3. The van der Waals surface area contributed by atoms with Gasteiger partial charge >= 0.3 is 0 Å². The summed E-state index contributed by atoms with van der Waals surface area (Å²) in [4.78, 5) is 31.0. The Labute approximate surface area is 153 Å². The second kappa shape index (κ2) is 8.43. The fraction of sp³-hybridized carbons (Fsp3) is 0.286. The van der Waals surface area contributed by atoms with Crippen LogP contribution in [0.1, 0.15) is 24.1 Å². The van der Waals surface area contributed by atoms with Crippen LogP contribution in [0.25, 0.3) is 6.08 Å². The molecule has 134 valence electrons. The number of piperidine rings is 1. The Morgan fingerprint density at radius 1 is 1.15 bits per heavy atom. The van der Waals surface area contributed by atoms with E-state index in [0.717, 1.165) is 24.1 Å². The monoisotopic (exact) mass is 349 g/mol. The van der Waals surface area contributed by atoms with Crippen molar-refractivity contribution < 1.29 is 9.59 Å². The van der Waals surface area contributed by atoms with Crippen LogP contribution in [0.2, 0.25) is 0 Å². The van der Waals surface area contributed by atoms with Gasteiger partial charge in [0.25, 0.3) is 0 Å². The molecule has 1 aliphatic rings. The quantitative estimate of drug-likeness (QED) is 0.862. The molecule has 26 heavy (non-hydrogen) atoms. The van der Waals surface area contributed by atoms with Crippen molar-refractivity contribution in [1.82, 2.24) is 9.88 Å². The number of carbonyl (C=O) groups excluding carboxylic acids is 2. The number of hydrogen-bond donors (Lipinski definition) is 1. The number of hydrogen-bond acceptors (Lipinski definition) is 3. The Morgan fingerprint density at radius 2 is 1.96 bits per heavy atom. The van der Waals surface area contributed by atoms with Crippen molar-refractivity contribution in [3.05, 3.63) is 65.9 Å². The molecule has 1 N–H and O–H groups in total. The molecule has 2 aromatic rings. The molecule has 1 saturated heterocycles. The van der Waals surface area contributed by atoms with E-state index in [4.69, 9.17) is 0 Å². The van der Waals surface area contributed by atoms with E-state index in [1.54, 1.807) is 17.0 Å². The summed E-state index contributed by atoms with van der Waals surface area (Å²) in [6.07, 6.45) is 4.99. The summed E-state index contributed by atoms with van der Waals surface area (Å²) in [5.41, 5.74) is 1.84. The van der Waals surface area contributed by atoms with Crippen molar-refractivity contribution in [2.45, 2.75) is 19.8 Å². The molecule has 5 nitrogen and oxygen atoms in total. The first-order valence-corrected chi connectivity index (χ1v) is 8.88. The highest BCUT2D eigenvalue weighted by atomic mass is 16.2. The van der Waals surface area contributed by atoms with Gasteiger partial charge in [0.2, 0.25) is 11.8 Å². The molecule has 1 fully saturated rings. The average molecular weight is 349 g/mol. The van der Waals surface area contributed by atoms with Crippen molar-refractivity contribution in [2.24, 2.45) is 5.92 Å². The van der Waals surface area contributed by atoms with Gasteiger partial charge in [-0.3, -0.25) is 9.59 Å². The van der Waals surface area contributed by atoms with Gasteiger partial charge in [-0.2, -0.15) is 0 Å². The fourth-order valence-electron chi connectivity index (χ4n) is 3.07. The maximum Gasteiger partial charge on any atom is 0.246 e. The lowest BCUT2D eigenvalue weighted by molar-refractivity contribution is -0.130. The highest BCUT2D eigenvalue weighted by molar-refractivity contribution is 5.94. The van der Waals surface area contributed by atoms with Gasteiger partial charge in [0.15, 0.2) is 0 Å². The Balaban J connectivity index is 1.58. The number of carbonyl (C=O) groups is 2. The highest BCUT2D eigenvalue weighted by Gasteiger charge is 2.27. The van der Waals surface area contributed by atoms with Crippen LogP contribution in [0.4, 0.5) is 5.82 Å². The summed E-state index contributed by atoms with van der Waals surface area (Å²) in [6.45, 7) is 3.01. The lowest BCUT2D eigenvalue weighted by atomic mass is 9.97. The SMILES string of the molecule is Cc1cccc(NC(=O)C2CCCN(C(=O)/C=C/c3ccccc3)C2)n1. The molecule has 0 aliphatic carbocycles. The van der Waals surface area contributed by atoms with E-state index in [2.05, 4.69) is 10.3 Å². The van der Waals surface area contributed by atoms with E-state index < -0.39 is 0 Å². The third kappa shape index (κ3) is 4.79. The molecule has 0 saturated carbocycles. The third-order valence-corrected chi connectivity index (χ3v) is 4.46. The number of likely N-dealkylation sites (tertiary alicyclic amines) is 1. The van der Waals surface area contributed by atoms with Crippen LogP contribution in [0.15, 0.2) is 54.6 Å². The minimum atomic E-state index is -0.208. The first-order valence-electron chi connectivity index (χ1n) is 8.88. The van der Waals surface area contributed by atoms with Gasteiger partial charge in [-0.25, -0.2) is 4.98 Å². The van der Waals surface area contributed by atoms with Crippen LogP contribution in [0, 0.1) is 12.8 Å². The zero-order chi connectivity index (χ0) is 18.4. The molecule has 2 heterocycles. The van der Waals surface area contributed by atoms with Gasteiger partial charge in [-0.1, -0.05) is 36.4 Å². The van der Waals surface area contributed by atoms with Crippen molar-refractivity contribution in [3.63, 3.8) is 0 Å². The molecular weight excluding hydrogens is 326 g/mol. The molecule has 3 rings (SSSR count). The summed E-state index contributed by atoms with van der Waals surface area (Å²) in [6, 6.07) is 15.2. The van der Waals surface area contributed by atoms with Gasteiger partial charge in [0.05, 0.1) is 5.92 Å². The van der Waals surface area contributed by atoms with E-state index in [-0.39, 0.29) is 17.7 Å². The summed E-state index contributed by atoms with van der Waals surface area (Å²) >= 11 is 0. The van der Waals surface area contributed by atoms with Crippen LogP contribution in [-0.2, 0) is 9.59 Å². The number of nitrogens with one attached hydrogen (secondary N) is 1. The number of aryl methyl sites for hydroxylation is 1. The zero-order valence-corrected chi connectivity index (χ0v) is 14.9. The fourth-order valence-corrected chi connectivity index (χ4v) is 3.07. The number of aromatic nitrogens is 1. The molecule has 1 unspecified atom stereocenters. The first-order chi connectivity index (χ1) is 12.6. The van der Waals surface area contributed by atoms with Gasteiger partial charge in [0.1, 0.15) is 5.82 Å². The highest BCUT2D eigenvalue weighted by Crippen LogP contribution is 2.19. The van der Waals surface area contributed by atoms with Gasteiger partial charge in [0, 0.05) is 24.9 Å². The van der Waals surface area contributed by atoms with Gasteiger partial charge < -0.3 is 10.2 Å². The number of nitrogens with zero attached hydrogens (tertiary/aromatic N) is 2. The van der Waals surface area contributed by atoms with Gasteiger partial charge in [-0.15, -0.1) is 0 Å².